The van der Waals surface area contributed by atoms with Gasteiger partial charge in [-0.2, -0.15) is 0 Å². The van der Waals surface area contributed by atoms with Gasteiger partial charge in [0.25, 0.3) is 0 Å². The standard InChI is InChI=1S/C11H21N3O/c1-2-8-5-9(8)13-7-11(3-4-11)6-10(12)14-15/h8-9,13,15H,2-7H2,1H3,(H2,12,14). The maximum Gasteiger partial charge on any atom is 0.139 e. The van der Waals surface area contributed by atoms with Crippen molar-refractivity contribution in [2.45, 2.75) is 45.1 Å². The molecule has 0 aromatic rings. The van der Waals surface area contributed by atoms with E-state index >= 15 is 0 Å². The first-order chi connectivity index (χ1) is 7.19. The molecule has 0 aliphatic heterocycles. The number of nitrogens with zero attached hydrogens (tertiary/aromatic N) is 1. The molecule has 2 saturated carbocycles. The van der Waals surface area contributed by atoms with Crippen molar-refractivity contribution in [1.29, 1.82) is 0 Å². The number of hydrogen-bond acceptors (Lipinski definition) is 3. The summed E-state index contributed by atoms with van der Waals surface area (Å²) >= 11 is 0. The SMILES string of the molecule is CCC1CC1NCC1(CC(N)=NO)CC1. The van der Waals surface area contributed by atoms with Gasteiger partial charge in [-0.3, -0.25) is 0 Å². The van der Waals surface area contributed by atoms with Gasteiger partial charge < -0.3 is 16.3 Å². The van der Waals surface area contributed by atoms with Crippen LogP contribution in [0.2, 0.25) is 0 Å². The number of oxime groups is 1. The van der Waals surface area contributed by atoms with E-state index < -0.39 is 0 Å². The molecule has 0 bridgehead atoms. The minimum absolute atomic E-state index is 0.303. The van der Waals surface area contributed by atoms with Gasteiger partial charge in [-0.1, -0.05) is 18.5 Å². The third kappa shape index (κ3) is 2.62. The van der Waals surface area contributed by atoms with E-state index in [0.717, 1.165) is 24.9 Å². The minimum atomic E-state index is 0.303. The molecule has 2 rings (SSSR count). The van der Waals surface area contributed by atoms with Crippen molar-refractivity contribution in [3.8, 4) is 0 Å². The van der Waals surface area contributed by atoms with Gasteiger partial charge >= 0.3 is 0 Å². The topological polar surface area (TPSA) is 70.6 Å². The third-order valence-corrected chi connectivity index (χ3v) is 3.83. The van der Waals surface area contributed by atoms with Crippen LogP contribution in [0.25, 0.3) is 0 Å². The fourth-order valence-corrected chi connectivity index (χ4v) is 2.31. The smallest absolute Gasteiger partial charge is 0.139 e. The summed E-state index contributed by atoms with van der Waals surface area (Å²) in [5.41, 5.74) is 5.85. The van der Waals surface area contributed by atoms with Gasteiger partial charge in [-0.25, -0.2) is 0 Å². The van der Waals surface area contributed by atoms with E-state index in [1.165, 1.54) is 25.7 Å². The highest BCUT2D eigenvalue weighted by Gasteiger charge is 2.45. The molecule has 4 nitrogen and oxygen atoms in total. The van der Waals surface area contributed by atoms with Crippen molar-refractivity contribution >= 4 is 5.84 Å². The van der Waals surface area contributed by atoms with E-state index in [0.29, 0.717) is 11.3 Å². The van der Waals surface area contributed by atoms with Crippen molar-refractivity contribution < 1.29 is 5.21 Å². The summed E-state index contributed by atoms with van der Waals surface area (Å²) in [5, 5.41) is 15.2. The highest BCUT2D eigenvalue weighted by atomic mass is 16.4. The summed E-state index contributed by atoms with van der Waals surface area (Å²) in [6, 6.07) is 0.736. The van der Waals surface area contributed by atoms with Gasteiger partial charge in [0, 0.05) is 19.0 Å². The van der Waals surface area contributed by atoms with Crippen LogP contribution in [0.4, 0.5) is 0 Å². The third-order valence-electron chi connectivity index (χ3n) is 3.83. The predicted molar refractivity (Wildman–Crippen MR) is 59.9 cm³/mol. The van der Waals surface area contributed by atoms with E-state index in [1.807, 2.05) is 0 Å². The molecule has 0 aromatic carbocycles. The molecule has 4 heteroatoms. The van der Waals surface area contributed by atoms with E-state index in [9.17, 15) is 0 Å². The first kappa shape index (κ1) is 10.7. The first-order valence-electron chi connectivity index (χ1n) is 5.89. The molecule has 0 saturated heterocycles. The van der Waals surface area contributed by atoms with Crippen molar-refractivity contribution in [3.63, 3.8) is 0 Å². The lowest BCUT2D eigenvalue weighted by Crippen LogP contribution is -2.30. The molecule has 2 unspecified atom stereocenters. The first-order valence-corrected chi connectivity index (χ1v) is 5.89. The zero-order valence-corrected chi connectivity index (χ0v) is 9.37. The maximum absolute atomic E-state index is 8.54. The normalized spacial score (nSPS) is 32.7. The molecular weight excluding hydrogens is 190 g/mol. The van der Waals surface area contributed by atoms with Crippen LogP contribution in [0.3, 0.4) is 0 Å². The number of rotatable bonds is 6. The summed E-state index contributed by atoms with van der Waals surface area (Å²) < 4.78 is 0. The Morgan fingerprint density at radius 1 is 1.60 bits per heavy atom. The van der Waals surface area contributed by atoms with Crippen LogP contribution in [-0.4, -0.2) is 23.6 Å². The van der Waals surface area contributed by atoms with Crippen LogP contribution < -0.4 is 11.1 Å². The van der Waals surface area contributed by atoms with E-state index in [4.69, 9.17) is 10.9 Å². The average Bonchev–Trinajstić information content (AvgIpc) is 3.11. The average molecular weight is 211 g/mol. The molecular formula is C11H21N3O. The quantitative estimate of drug-likeness (QED) is 0.268. The molecule has 0 aromatic heterocycles. The fraction of sp³-hybridized carbons (Fsp3) is 0.909. The molecule has 2 aliphatic carbocycles. The Balaban J connectivity index is 1.70. The molecule has 2 atom stereocenters. The second-order valence-corrected chi connectivity index (χ2v) is 5.16. The number of nitrogens with two attached hydrogens (primary N) is 1. The Bertz CT molecular complexity index is 261. The second kappa shape index (κ2) is 4.00. The molecule has 0 radical (unpaired) electrons. The molecule has 15 heavy (non-hydrogen) atoms. The molecule has 4 N–H and O–H groups in total. The summed E-state index contributed by atoms with van der Waals surface area (Å²) in [4.78, 5) is 0. The van der Waals surface area contributed by atoms with Gasteiger partial charge in [0.15, 0.2) is 0 Å². The van der Waals surface area contributed by atoms with E-state index in [-0.39, 0.29) is 0 Å². The van der Waals surface area contributed by atoms with Crippen LogP contribution in [0.1, 0.15) is 39.0 Å². The Morgan fingerprint density at radius 2 is 2.33 bits per heavy atom. The Hall–Kier alpha value is -0.770. The highest BCUT2D eigenvalue weighted by Crippen LogP contribution is 2.49. The molecule has 0 heterocycles. The van der Waals surface area contributed by atoms with Crippen molar-refractivity contribution in [2.24, 2.45) is 22.2 Å². The Morgan fingerprint density at radius 3 is 2.80 bits per heavy atom. The maximum atomic E-state index is 8.54. The highest BCUT2D eigenvalue weighted by molar-refractivity contribution is 5.80. The van der Waals surface area contributed by atoms with Crippen LogP contribution in [0.15, 0.2) is 5.16 Å². The van der Waals surface area contributed by atoms with Crippen LogP contribution in [0, 0.1) is 11.3 Å². The van der Waals surface area contributed by atoms with E-state index in [1.54, 1.807) is 0 Å². The summed E-state index contributed by atoms with van der Waals surface area (Å²) in [7, 11) is 0. The molecule has 86 valence electrons. The summed E-state index contributed by atoms with van der Waals surface area (Å²) in [6.07, 6.45) is 5.76. The van der Waals surface area contributed by atoms with Crippen molar-refractivity contribution in [2.75, 3.05) is 6.54 Å². The number of amidine groups is 1. The Labute approximate surface area is 90.9 Å². The molecule has 0 spiro atoms. The lowest BCUT2D eigenvalue weighted by Gasteiger charge is -2.14. The summed E-state index contributed by atoms with van der Waals surface area (Å²) in [6.45, 7) is 3.28. The summed E-state index contributed by atoms with van der Waals surface area (Å²) in [5.74, 6) is 1.27. The zero-order chi connectivity index (χ0) is 10.9. The van der Waals surface area contributed by atoms with Gasteiger partial charge in [0.05, 0.1) is 0 Å². The van der Waals surface area contributed by atoms with Gasteiger partial charge in [-0.15, -0.1) is 0 Å². The minimum Gasteiger partial charge on any atom is -0.409 e. The monoisotopic (exact) mass is 211 g/mol. The van der Waals surface area contributed by atoms with Gasteiger partial charge in [0.1, 0.15) is 5.84 Å². The van der Waals surface area contributed by atoms with Crippen LogP contribution in [0.5, 0.6) is 0 Å². The number of hydrogen-bond donors (Lipinski definition) is 3. The molecule has 2 fully saturated rings. The lowest BCUT2D eigenvalue weighted by atomic mass is 10.0. The van der Waals surface area contributed by atoms with Gasteiger partial charge in [-0.05, 0) is 30.6 Å². The van der Waals surface area contributed by atoms with Gasteiger partial charge in [0.2, 0.25) is 0 Å². The predicted octanol–water partition coefficient (Wildman–Crippen LogP) is 1.29. The lowest BCUT2D eigenvalue weighted by molar-refractivity contribution is 0.314. The van der Waals surface area contributed by atoms with E-state index in [2.05, 4.69) is 17.4 Å². The van der Waals surface area contributed by atoms with Crippen LogP contribution >= 0.6 is 0 Å². The Kier molecular flexibility index (Phi) is 2.87. The largest absolute Gasteiger partial charge is 0.409 e. The molecule has 0 amide bonds. The van der Waals surface area contributed by atoms with Crippen molar-refractivity contribution in [1.82, 2.24) is 5.32 Å². The number of nitrogens with one attached hydrogen (secondary N) is 1. The van der Waals surface area contributed by atoms with Crippen molar-refractivity contribution in [3.05, 3.63) is 0 Å². The molecule has 2 aliphatic rings. The zero-order valence-electron chi connectivity index (χ0n) is 9.37. The fourth-order valence-electron chi connectivity index (χ4n) is 2.31. The van der Waals surface area contributed by atoms with Crippen LogP contribution in [-0.2, 0) is 0 Å². The second-order valence-electron chi connectivity index (χ2n) is 5.16.